The molecule has 2 aromatic rings. The Balaban J connectivity index is 1.52. The number of aryl methyl sites for hydroxylation is 1. The van der Waals surface area contributed by atoms with Crippen molar-refractivity contribution in [2.24, 2.45) is 10.7 Å². The van der Waals surface area contributed by atoms with E-state index in [2.05, 4.69) is 29.4 Å². The van der Waals surface area contributed by atoms with Crippen molar-refractivity contribution in [3.63, 3.8) is 0 Å². The Kier molecular flexibility index (Phi) is 4.66. The Labute approximate surface area is 136 Å². The second-order valence-electron chi connectivity index (χ2n) is 5.38. The van der Waals surface area contributed by atoms with Gasteiger partial charge in [-0.25, -0.2) is 0 Å². The van der Waals surface area contributed by atoms with Crippen molar-refractivity contribution in [2.75, 3.05) is 18.7 Å². The number of anilines is 1. The predicted molar refractivity (Wildman–Crippen MR) is 92.2 cm³/mol. The van der Waals surface area contributed by atoms with Crippen LogP contribution in [0.4, 0.5) is 5.69 Å². The van der Waals surface area contributed by atoms with Gasteiger partial charge in [-0.05, 0) is 48.2 Å². The van der Waals surface area contributed by atoms with Gasteiger partial charge >= 0.3 is 0 Å². The number of benzene rings is 2. The molecule has 0 fully saturated rings. The highest BCUT2D eigenvalue weighted by molar-refractivity contribution is 5.92. The standard InChI is InChI=1S/C18H21N3O2/c1-2-13-3-6-15(7-4-13)21-18(19)20-10-9-14-5-8-16-17(11-14)23-12-22-16/h3-8,11H,2,9-10,12H2,1H3,(H3,19,20,21). The van der Waals surface area contributed by atoms with Crippen molar-refractivity contribution < 1.29 is 9.47 Å². The van der Waals surface area contributed by atoms with E-state index in [1.54, 1.807) is 0 Å². The number of hydrogen-bond acceptors (Lipinski definition) is 3. The molecule has 1 aliphatic rings. The van der Waals surface area contributed by atoms with Crippen molar-refractivity contribution in [3.05, 3.63) is 53.6 Å². The van der Waals surface area contributed by atoms with Gasteiger partial charge in [0.25, 0.3) is 0 Å². The predicted octanol–water partition coefficient (Wildman–Crippen LogP) is 2.95. The summed E-state index contributed by atoms with van der Waals surface area (Å²) in [4.78, 5) is 4.36. The molecular weight excluding hydrogens is 290 g/mol. The number of nitrogens with two attached hydrogens (primary N) is 1. The second kappa shape index (κ2) is 7.05. The fourth-order valence-corrected chi connectivity index (χ4v) is 2.41. The average Bonchev–Trinajstić information content (AvgIpc) is 3.03. The van der Waals surface area contributed by atoms with Gasteiger partial charge in [-0.3, -0.25) is 4.99 Å². The molecule has 120 valence electrons. The van der Waals surface area contributed by atoms with Crippen LogP contribution in [0.3, 0.4) is 0 Å². The van der Waals surface area contributed by atoms with Crippen LogP contribution < -0.4 is 20.5 Å². The van der Waals surface area contributed by atoms with E-state index >= 15 is 0 Å². The van der Waals surface area contributed by atoms with E-state index in [-0.39, 0.29) is 0 Å². The first kappa shape index (κ1) is 15.2. The summed E-state index contributed by atoms with van der Waals surface area (Å²) in [5.41, 5.74) is 9.33. The quantitative estimate of drug-likeness (QED) is 0.658. The largest absolute Gasteiger partial charge is 0.454 e. The van der Waals surface area contributed by atoms with Gasteiger partial charge in [-0.1, -0.05) is 25.1 Å². The number of nitrogens with zero attached hydrogens (tertiary/aromatic N) is 1. The number of guanidine groups is 1. The number of ether oxygens (including phenoxy) is 2. The van der Waals surface area contributed by atoms with E-state index in [9.17, 15) is 0 Å². The van der Waals surface area contributed by atoms with Gasteiger partial charge in [0.2, 0.25) is 6.79 Å². The summed E-state index contributed by atoms with van der Waals surface area (Å²) in [5.74, 6) is 2.03. The molecule has 0 bridgehead atoms. The lowest BCUT2D eigenvalue weighted by Gasteiger charge is -2.06. The van der Waals surface area contributed by atoms with Crippen LogP contribution in [0.1, 0.15) is 18.1 Å². The van der Waals surface area contributed by atoms with Crippen LogP contribution in [0, 0.1) is 0 Å². The zero-order valence-electron chi connectivity index (χ0n) is 13.2. The highest BCUT2D eigenvalue weighted by Crippen LogP contribution is 2.32. The number of rotatable bonds is 5. The molecule has 3 N–H and O–H groups in total. The summed E-state index contributed by atoms with van der Waals surface area (Å²) < 4.78 is 10.7. The van der Waals surface area contributed by atoms with E-state index < -0.39 is 0 Å². The molecule has 0 spiro atoms. The molecule has 5 heteroatoms. The van der Waals surface area contributed by atoms with Crippen molar-refractivity contribution in [3.8, 4) is 11.5 Å². The Morgan fingerprint density at radius 3 is 2.61 bits per heavy atom. The number of fused-ring (bicyclic) bond motifs is 1. The molecule has 0 radical (unpaired) electrons. The molecule has 0 aromatic heterocycles. The third-order valence-electron chi connectivity index (χ3n) is 3.75. The van der Waals surface area contributed by atoms with Crippen molar-refractivity contribution in [2.45, 2.75) is 19.8 Å². The van der Waals surface area contributed by atoms with Gasteiger partial charge < -0.3 is 20.5 Å². The molecule has 0 aliphatic carbocycles. The van der Waals surface area contributed by atoms with E-state index in [1.807, 2.05) is 30.3 Å². The molecule has 1 heterocycles. The zero-order valence-corrected chi connectivity index (χ0v) is 13.2. The normalized spacial score (nSPS) is 13.2. The van der Waals surface area contributed by atoms with E-state index in [0.29, 0.717) is 19.3 Å². The minimum atomic E-state index is 0.296. The minimum Gasteiger partial charge on any atom is -0.454 e. The van der Waals surface area contributed by atoms with Gasteiger partial charge in [0, 0.05) is 12.2 Å². The summed E-state index contributed by atoms with van der Waals surface area (Å²) in [6.45, 7) is 3.05. The summed E-state index contributed by atoms with van der Waals surface area (Å²) in [6.07, 6.45) is 1.83. The monoisotopic (exact) mass is 311 g/mol. The molecular formula is C18H21N3O2. The van der Waals surface area contributed by atoms with Crippen LogP contribution in [0.2, 0.25) is 0 Å². The molecule has 0 saturated carbocycles. The average molecular weight is 311 g/mol. The first-order valence-electron chi connectivity index (χ1n) is 7.79. The first-order valence-corrected chi connectivity index (χ1v) is 7.79. The first-order chi connectivity index (χ1) is 11.2. The Morgan fingerprint density at radius 1 is 1.09 bits per heavy atom. The summed E-state index contributed by atoms with van der Waals surface area (Å²) in [7, 11) is 0. The topological polar surface area (TPSA) is 68.9 Å². The maximum Gasteiger partial charge on any atom is 0.231 e. The van der Waals surface area contributed by atoms with Crippen LogP contribution in [-0.4, -0.2) is 19.3 Å². The fraction of sp³-hybridized carbons (Fsp3) is 0.278. The lowest BCUT2D eigenvalue weighted by Crippen LogP contribution is -2.23. The number of aliphatic imine (C=N–C) groups is 1. The molecule has 0 saturated heterocycles. The third-order valence-corrected chi connectivity index (χ3v) is 3.75. The molecule has 3 rings (SSSR count). The van der Waals surface area contributed by atoms with E-state index in [4.69, 9.17) is 15.2 Å². The Bertz CT molecular complexity index is 696. The van der Waals surface area contributed by atoms with Crippen LogP contribution in [0.25, 0.3) is 0 Å². The molecule has 0 unspecified atom stereocenters. The van der Waals surface area contributed by atoms with Crippen LogP contribution >= 0.6 is 0 Å². The van der Waals surface area contributed by atoms with E-state index in [1.165, 1.54) is 5.56 Å². The lowest BCUT2D eigenvalue weighted by atomic mass is 10.1. The van der Waals surface area contributed by atoms with Crippen LogP contribution in [-0.2, 0) is 12.8 Å². The van der Waals surface area contributed by atoms with Crippen LogP contribution in [0.5, 0.6) is 11.5 Å². The Morgan fingerprint density at radius 2 is 1.83 bits per heavy atom. The van der Waals surface area contributed by atoms with Gasteiger partial charge in [0.05, 0.1) is 0 Å². The molecule has 23 heavy (non-hydrogen) atoms. The maximum absolute atomic E-state index is 5.92. The second-order valence-corrected chi connectivity index (χ2v) is 5.38. The smallest absolute Gasteiger partial charge is 0.231 e. The van der Waals surface area contributed by atoms with Gasteiger partial charge in [0.15, 0.2) is 17.5 Å². The summed E-state index contributed by atoms with van der Waals surface area (Å²) in [5, 5.41) is 3.10. The molecule has 0 amide bonds. The van der Waals surface area contributed by atoms with Gasteiger partial charge in [-0.15, -0.1) is 0 Å². The summed E-state index contributed by atoms with van der Waals surface area (Å²) in [6, 6.07) is 14.1. The molecule has 0 atom stereocenters. The van der Waals surface area contributed by atoms with Gasteiger partial charge in [0.1, 0.15) is 0 Å². The van der Waals surface area contributed by atoms with E-state index in [0.717, 1.165) is 35.6 Å². The highest BCUT2D eigenvalue weighted by atomic mass is 16.7. The minimum absolute atomic E-state index is 0.296. The molecule has 2 aromatic carbocycles. The van der Waals surface area contributed by atoms with Crippen molar-refractivity contribution in [1.29, 1.82) is 0 Å². The Hall–Kier alpha value is -2.69. The number of hydrogen-bond donors (Lipinski definition) is 2. The molecule has 1 aliphatic heterocycles. The highest BCUT2D eigenvalue weighted by Gasteiger charge is 2.12. The SMILES string of the molecule is CCc1ccc(NC(N)=NCCc2ccc3c(c2)OCO3)cc1. The lowest BCUT2D eigenvalue weighted by molar-refractivity contribution is 0.174. The van der Waals surface area contributed by atoms with Gasteiger partial charge in [-0.2, -0.15) is 0 Å². The maximum atomic E-state index is 5.92. The molecule has 5 nitrogen and oxygen atoms in total. The third kappa shape index (κ3) is 3.94. The fourth-order valence-electron chi connectivity index (χ4n) is 2.41. The van der Waals surface area contributed by atoms with Crippen molar-refractivity contribution >= 4 is 11.6 Å². The van der Waals surface area contributed by atoms with Crippen molar-refractivity contribution in [1.82, 2.24) is 0 Å². The number of nitrogens with one attached hydrogen (secondary N) is 1. The summed E-state index contributed by atoms with van der Waals surface area (Å²) >= 11 is 0. The van der Waals surface area contributed by atoms with Crippen LogP contribution in [0.15, 0.2) is 47.5 Å². The zero-order chi connectivity index (χ0) is 16.1.